The fraction of sp³-hybridized carbons (Fsp3) is 0.0588. The minimum atomic E-state index is -0.415. The molecule has 3 N–H and O–H groups in total. The highest BCUT2D eigenvalue weighted by atomic mass is 16.5. The lowest BCUT2D eigenvalue weighted by atomic mass is 10.2. The zero-order chi connectivity index (χ0) is 16.2. The molecule has 6 nitrogen and oxygen atoms in total. The van der Waals surface area contributed by atoms with Gasteiger partial charge in [0.2, 0.25) is 5.91 Å². The molecule has 0 atom stereocenters. The number of hydrazine groups is 1. The second-order valence-corrected chi connectivity index (χ2v) is 4.98. The number of carbonyl (C=O) groups excluding carboxylic acids is 2. The third-order valence-electron chi connectivity index (χ3n) is 3.17. The number of amides is 2. The maximum Gasteiger partial charge on any atom is 0.286 e. The molecule has 2 aromatic carbocycles. The lowest BCUT2D eigenvalue weighted by Crippen LogP contribution is -2.40. The van der Waals surface area contributed by atoms with Crippen LogP contribution in [-0.2, 0) is 4.79 Å². The Hall–Kier alpha value is -3.28. The van der Waals surface area contributed by atoms with Gasteiger partial charge in [-0.05, 0) is 36.4 Å². The summed E-state index contributed by atoms with van der Waals surface area (Å²) in [6.07, 6.45) is 0. The van der Waals surface area contributed by atoms with Crippen LogP contribution in [0.4, 0.5) is 0 Å². The zero-order valence-corrected chi connectivity index (χ0v) is 12.4. The summed E-state index contributed by atoms with van der Waals surface area (Å²) < 4.78 is 5.76. The first-order valence-electron chi connectivity index (χ1n) is 7.04. The van der Waals surface area contributed by atoms with E-state index in [1.54, 1.807) is 6.07 Å². The summed E-state index contributed by atoms with van der Waals surface area (Å²) >= 11 is 0. The van der Waals surface area contributed by atoms with Gasteiger partial charge in [-0.25, -0.2) is 0 Å². The van der Waals surface area contributed by atoms with E-state index in [2.05, 4.69) is 15.8 Å². The van der Waals surface area contributed by atoms with Gasteiger partial charge in [-0.2, -0.15) is 0 Å². The molecule has 0 aliphatic carbocycles. The number of ether oxygens (including phenoxy) is 1. The number of aromatic nitrogens is 1. The summed E-state index contributed by atoms with van der Waals surface area (Å²) in [4.78, 5) is 25.7. The average Bonchev–Trinajstić information content (AvgIpc) is 2.97. The van der Waals surface area contributed by atoms with Crippen molar-refractivity contribution in [1.82, 2.24) is 15.8 Å². The van der Waals surface area contributed by atoms with Crippen LogP contribution in [0.15, 0.2) is 54.6 Å². The van der Waals surface area contributed by atoms with Crippen LogP contribution in [0.5, 0.6) is 11.5 Å². The number of carbonyl (C=O) groups is 2. The van der Waals surface area contributed by atoms with Crippen molar-refractivity contribution >= 4 is 22.7 Å². The third kappa shape index (κ3) is 3.49. The Morgan fingerprint density at radius 1 is 0.957 bits per heavy atom. The molecular formula is C17H15N3O3. The van der Waals surface area contributed by atoms with E-state index in [1.165, 1.54) is 6.92 Å². The highest BCUT2D eigenvalue weighted by molar-refractivity contribution is 5.98. The minimum absolute atomic E-state index is 0.340. The molecule has 0 saturated carbocycles. The summed E-state index contributed by atoms with van der Waals surface area (Å²) in [5, 5.41) is 0.839. The van der Waals surface area contributed by atoms with Crippen LogP contribution in [0.25, 0.3) is 10.9 Å². The molecule has 0 radical (unpaired) electrons. The molecule has 6 heteroatoms. The Labute approximate surface area is 132 Å². The Morgan fingerprint density at radius 2 is 1.74 bits per heavy atom. The van der Waals surface area contributed by atoms with E-state index in [9.17, 15) is 9.59 Å². The average molecular weight is 309 g/mol. The second-order valence-electron chi connectivity index (χ2n) is 4.98. The van der Waals surface area contributed by atoms with Gasteiger partial charge >= 0.3 is 0 Å². The Bertz CT molecular complexity index is 856. The fourth-order valence-corrected chi connectivity index (χ4v) is 2.13. The van der Waals surface area contributed by atoms with Crippen molar-refractivity contribution < 1.29 is 14.3 Å². The summed E-state index contributed by atoms with van der Waals surface area (Å²) in [7, 11) is 0. The topological polar surface area (TPSA) is 83.2 Å². The smallest absolute Gasteiger partial charge is 0.286 e. The summed E-state index contributed by atoms with van der Waals surface area (Å²) in [6, 6.07) is 16.6. The van der Waals surface area contributed by atoms with E-state index in [-0.39, 0.29) is 5.91 Å². The van der Waals surface area contributed by atoms with Crippen LogP contribution >= 0.6 is 0 Å². The first kappa shape index (κ1) is 14.6. The van der Waals surface area contributed by atoms with E-state index in [4.69, 9.17) is 4.74 Å². The van der Waals surface area contributed by atoms with Gasteiger partial charge in [0.15, 0.2) is 0 Å². The van der Waals surface area contributed by atoms with Gasteiger partial charge in [-0.3, -0.25) is 20.4 Å². The molecule has 2 amide bonds. The molecule has 0 saturated heterocycles. The van der Waals surface area contributed by atoms with E-state index in [0.717, 1.165) is 16.7 Å². The van der Waals surface area contributed by atoms with Crippen molar-refractivity contribution in [2.45, 2.75) is 6.92 Å². The Balaban J connectivity index is 1.80. The van der Waals surface area contributed by atoms with Gasteiger partial charge < -0.3 is 9.72 Å². The molecule has 116 valence electrons. The van der Waals surface area contributed by atoms with Crippen molar-refractivity contribution in [3.63, 3.8) is 0 Å². The lowest BCUT2D eigenvalue weighted by molar-refractivity contribution is -0.119. The fourth-order valence-electron chi connectivity index (χ4n) is 2.13. The predicted molar refractivity (Wildman–Crippen MR) is 86.1 cm³/mol. The number of aromatic amines is 1. The summed E-state index contributed by atoms with van der Waals surface area (Å²) in [5.41, 5.74) is 5.72. The monoisotopic (exact) mass is 309 g/mol. The van der Waals surface area contributed by atoms with Crippen molar-refractivity contribution in [3.05, 3.63) is 60.3 Å². The summed E-state index contributed by atoms with van der Waals surface area (Å²) in [6.45, 7) is 1.32. The number of benzene rings is 2. The molecule has 23 heavy (non-hydrogen) atoms. The molecule has 3 rings (SSSR count). The van der Waals surface area contributed by atoms with Gasteiger partial charge in [-0.1, -0.05) is 18.2 Å². The Morgan fingerprint density at radius 3 is 2.48 bits per heavy atom. The zero-order valence-electron chi connectivity index (χ0n) is 12.4. The number of rotatable bonds is 3. The highest BCUT2D eigenvalue weighted by Gasteiger charge is 2.10. The van der Waals surface area contributed by atoms with Crippen molar-refractivity contribution in [1.29, 1.82) is 0 Å². The van der Waals surface area contributed by atoms with Crippen LogP contribution in [0.3, 0.4) is 0 Å². The second kappa shape index (κ2) is 6.23. The number of nitrogens with one attached hydrogen (secondary N) is 3. The first-order valence-corrected chi connectivity index (χ1v) is 7.04. The molecule has 0 spiro atoms. The largest absolute Gasteiger partial charge is 0.457 e. The predicted octanol–water partition coefficient (Wildman–Crippen LogP) is 2.74. The van der Waals surface area contributed by atoms with Crippen molar-refractivity contribution in [3.8, 4) is 11.5 Å². The number of H-pyrrole nitrogens is 1. The van der Waals surface area contributed by atoms with Crippen LogP contribution in [0.1, 0.15) is 17.4 Å². The normalized spacial score (nSPS) is 10.3. The van der Waals surface area contributed by atoms with Crippen LogP contribution < -0.4 is 15.6 Å². The van der Waals surface area contributed by atoms with Gasteiger partial charge in [-0.15, -0.1) is 0 Å². The SMILES string of the molecule is CC(=O)NNC(=O)c1cc2cc(Oc3ccccc3)ccc2[nH]1. The molecule has 0 aliphatic heterocycles. The van der Waals surface area contributed by atoms with Crippen LogP contribution in [-0.4, -0.2) is 16.8 Å². The summed E-state index contributed by atoms with van der Waals surface area (Å²) in [5.74, 6) is 0.664. The maximum atomic E-state index is 11.9. The molecular weight excluding hydrogens is 294 g/mol. The van der Waals surface area contributed by atoms with E-state index < -0.39 is 5.91 Å². The lowest BCUT2D eigenvalue weighted by Gasteiger charge is -2.04. The van der Waals surface area contributed by atoms with Crippen molar-refractivity contribution in [2.75, 3.05) is 0 Å². The third-order valence-corrected chi connectivity index (χ3v) is 3.17. The number of fused-ring (bicyclic) bond motifs is 1. The van der Waals surface area contributed by atoms with Crippen LogP contribution in [0, 0.1) is 0 Å². The molecule has 3 aromatic rings. The number of para-hydroxylation sites is 1. The maximum absolute atomic E-state index is 11.9. The molecule has 1 heterocycles. The van der Waals surface area contributed by atoms with Gasteiger partial charge in [0, 0.05) is 17.8 Å². The highest BCUT2D eigenvalue weighted by Crippen LogP contribution is 2.25. The first-order chi connectivity index (χ1) is 11.1. The quantitative estimate of drug-likeness (QED) is 0.651. The van der Waals surface area contributed by atoms with E-state index in [0.29, 0.717) is 11.4 Å². The standard InChI is InChI=1S/C17H15N3O3/c1-11(21)19-20-17(22)16-10-12-9-14(7-8-15(12)18-16)23-13-5-3-2-4-6-13/h2-10,18H,1H3,(H,19,21)(H,20,22). The van der Waals surface area contributed by atoms with Gasteiger partial charge in [0.05, 0.1) is 0 Å². The van der Waals surface area contributed by atoms with Crippen LogP contribution in [0.2, 0.25) is 0 Å². The number of hydrogen-bond donors (Lipinski definition) is 3. The van der Waals surface area contributed by atoms with E-state index >= 15 is 0 Å². The van der Waals surface area contributed by atoms with Crippen molar-refractivity contribution in [2.24, 2.45) is 0 Å². The van der Waals surface area contributed by atoms with Gasteiger partial charge in [0.25, 0.3) is 5.91 Å². The number of hydrogen-bond acceptors (Lipinski definition) is 3. The minimum Gasteiger partial charge on any atom is -0.457 e. The molecule has 1 aromatic heterocycles. The Kier molecular flexibility index (Phi) is 3.97. The molecule has 0 aliphatic rings. The molecule has 0 fully saturated rings. The van der Waals surface area contributed by atoms with E-state index in [1.807, 2.05) is 48.5 Å². The molecule has 0 bridgehead atoms. The van der Waals surface area contributed by atoms with Gasteiger partial charge in [0.1, 0.15) is 17.2 Å². The molecule has 0 unspecified atom stereocenters.